The van der Waals surface area contributed by atoms with Gasteiger partial charge in [0.15, 0.2) is 5.96 Å². The molecule has 6 nitrogen and oxygen atoms in total. The van der Waals surface area contributed by atoms with Crippen LogP contribution < -0.4 is 15.4 Å². The van der Waals surface area contributed by atoms with Gasteiger partial charge in [-0.1, -0.05) is 30.3 Å². The number of nitrogens with one attached hydrogen (secondary N) is 2. The summed E-state index contributed by atoms with van der Waals surface area (Å²) < 4.78 is 5.46. The number of guanidine groups is 1. The van der Waals surface area contributed by atoms with Crippen molar-refractivity contribution in [1.29, 1.82) is 0 Å². The molecule has 2 heterocycles. The molecule has 1 fully saturated rings. The highest BCUT2D eigenvalue weighted by Crippen LogP contribution is 2.14. The van der Waals surface area contributed by atoms with Gasteiger partial charge in [-0.2, -0.15) is 0 Å². The van der Waals surface area contributed by atoms with Gasteiger partial charge in [0.2, 0.25) is 5.88 Å². The highest BCUT2D eigenvalue weighted by Gasteiger charge is 2.20. The van der Waals surface area contributed by atoms with E-state index < -0.39 is 0 Å². The summed E-state index contributed by atoms with van der Waals surface area (Å²) in [5.41, 5.74) is 2.51. The third-order valence-electron chi connectivity index (χ3n) is 4.95. The lowest BCUT2D eigenvalue weighted by Crippen LogP contribution is -2.48. The van der Waals surface area contributed by atoms with E-state index in [4.69, 9.17) is 4.74 Å². The van der Waals surface area contributed by atoms with Gasteiger partial charge < -0.3 is 15.4 Å². The predicted octanol–water partition coefficient (Wildman–Crippen LogP) is 2.81. The molecule has 150 valence electrons. The smallest absolute Gasteiger partial charge is 0.213 e. The molecule has 0 atom stereocenters. The zero-order valence-corrected chi connectivity index (χ0v) is 16.9. The second-order valence-electron chi connectivity index (χ2n) is 7.04. The van der Waals surface area contributed by atoms with Crippen LogP contribution in [0.2, 0.25) is 0 Å². The van der Waals surface area contributed by atoms with E-state index in [-0.39, 0.29) is 0 Å². The first-order valence-corrected chi connectivity index (χ1v) is 10.1. The summed E-state index contributed by atoms with van der Waals surface area (Å²) in [6.45, 7) is 6.51. The molecule has 0 spiro atoms. The van der Waals surface area contributed by atoms with E-state index in [9.17, 15) is 0 Å². The number of hydrogen-bond donors (Lipinski definition) is 2. The summed E-state index contributed by atoms with van der Waals surface area (Å²) in [4.78, 5) is 11.1. The normalized spacial score (nSPS) is 16.0. The number of ether oxygens (including phenoxy) is 1. The second kappa shape index (κ2) is 10.7. The Bertz CT molecular complexity index is 742. The predicted molar refractivity (Wildman–Crippen MR) is 113 cm³/mol. The van der Waals surface area contributed by atoms with E-state index in [1.807, 2.05) is 26.1 Å². The molecule has 1 saturated heterocycles. The number of nitrogens with zero attached hydrogens (tertiary/aromatic N) is 3. The molecule has 1 aliphatic rings. The van der Waals surface area contributed by atoms with Crippen molar-refractivity contribution in [2.24, 2.45) is 4.99 Å². The molecule has 2 N–H and O–H groups in total. The van der Waals surface area contributed by atoms with E-state index in [1.54, 1.807) is 6.20 Å². The lowest BCUT2D eigenvalue weighted by molar-refractivity contribution is 0.198. The molecule has 2 aromatic rings. The zero-order chi connectivity index (χ0) is 19.6. The summed E-state index contributed by atoms with van der Waals surface area (Å²) in [6.07, 6.45) is 4.02. The SMILES string of the molecule is CCOc1cc(CNC(=NC)NC2CCN(Cc3ccccc3)CC2)ccn1. The molecule has 0 amide bonds. The van der Waals surface area contributed by atoms with Crippen LogP contribution in [0.15, 0.2) is 53.7 Å². The Morgan fingerprint density at radius 3 is 2.68 bits per heavy atom. The van der Waals surface area contributed by atoms with Gasteiger partial charge in [-0.25, -0.2) is 4.98 Å². The summed E-state index contributed by atoms with van der Waals surface area (Å²) in [7, 11) is 1.82. The van der Waals surface area contributed by atoms with Crippen LogP contribution in [0.1, 0.15) is 30.9 Å². The van der Waals surface area contributed by atoms with Crippen molar-refractivity contribution < 1.29 is 4.74 Å². The van der Waals surface area contributed by atoms with Gasteiger partial charge in [-0.05, 0) is 37.0 Å². The Morgan fingerprint density at radius 2 is 1.96 bits per heavy atom. The molecule has 0 radical (unpaired) electrons. The molecule has 3 rings (SSSR count). The summed E-state index contributed by atoms with van der Waals surface area (Å²) in [5.74, 6) is 1.51. The maximum Gasteiger partial charge on any atom is 0.213 e. The van der Waals surface area contributed by atoms with Gasteiger partial charge in [-0.15, -0.1) is 0 Å². The summed E-state index contributed by atoms with van der Waals surface area (Å²) in [6, 6.07) is 15.1. The Kier molecular flexibility index (Phi) is 7.67. The van der Waals surface area contributed by atoms with Gasteiger partial charge in [0.1, 0.15) is 0 Å². The molecule has 28 heavy (non-hydrogen) atoms. The first-order chi connectivity index (χ1) is 13.8. The van der Waals surface area contributed by atoms with Gasteiger partial charge in [0.25, 0.3) is 0 Å². The third-order valence-corrected chi connectivity index (χ3v) is 4.95. The van der Waals surface area contributed by atoms with Crippen molar-refractivity contribution in [3.63, 3.8) is 0 Å². The molecule has 6 heteroatoms. The van der Waals surface area contributed by atoms with Crippen molar-refractivity contribution >= 4 is 5.96 Å². The molecular weight excluding hydrogens is 350 g/mol. The Morgan fingerprint density at radius 1 is 1.18 bits per heavy atom. The molecule has 0 bridgehead atoms. The quantitative estimate of drug-likeness (QED) is 0.570. The van der Waals surface area contributed by atoms with Gasteiger partial charge in [-0.3, -0.25) is 9.89 Å². The second-order valence-corrected chi connectivity index (χ2v) is 7.04. The number of pyridine rings is 1. The van der Waals surface area contributed by atoms with Crippen LogP contribution in [0.5, 0.6) is 5.88 Å². The van der Waals surface area contributed by atoms with Crippen molar-refractivity contribution in [3.8, 4) is 5.88 Å². The minimum atomic E-state index is 0.453. The number of piperidine rings is 1. The van der Waals surface area contributed by atoms with Crippen LogP contribution in [0.4, 0.5) is 0 Å². The fraction of sp³-hybridized carbons (Fsp3) is 0.455. The van der Waals surface area contributed by atoms with E-state index in [1.165, 1.54) is 5.56 Å². The average molecular weight is 382 g/mol. The van der Waals surface area contributed by atoms with Crippen molar-refractivity contribution in [3.05, 3.63) is 59.8 Å². The van der Waals surface area contributed by atoms with Crippen molar-refractivity contribution in [2.45, 2.75) is 38.9 Å². The average Bonchev–Trinajstić information content (AvgIpc) is 2.74. The molecule has 0 unspecified atom stereocenters. The van der Waals surface area contributed by atoms with Crippen LogP contribution >= 0.6 is 0 Å². The van der Waals surface area contributed by atoms with E-state index in [0.29, 0.717) is 25.1 Å². The van der Waals surface area contributed by atoms with E-state index in [2.05, 4.69) is 55.8 Å². The van der Waals surface area contributed by atoms with Gasteiger partial charge in [0, 0.05) is 51.5 Å². The molecule has 1 aromatic carbocycles. The molecule has 0 aliphatic carbocycles. The van der Waals surface area contributed by atoms with E-state index >= 15 is 0 Å². The Balaban J connectivity index is 1.42. The number of aromatic nitrogens is 1. The monoisotopic (exact) mass is 381 g/mol. The summed E-state index contributed by atoms with van der Waals surface area (Å²) in [5, 5.41) is 6.96. The maximum absolute atomic E-state index is 5.46. The number of rotatable bonds is 7. The molecular formula is C22H31N5O. The van der Waals surface area contributed by atoms with Crippen LogP contribution in [-0.4, -0.2) is 48.6 Å². The van der Waals surface area contributed by atoms with Crippen LogP contribution in [0.25, 0.3) is 0 Å². The largest absolute Gasteiger partial charge is 0.478 e. The molecule has 1 aromatic heterocycles. The lowest BCUT2D eigenvalue weighted by atomic mass is 10.0. The standard InChI is InChI=1S/C22H31N5O/c1-3-28-21-15-19(9-12-24-21)16-25-22(23-2)26-20-10-13-27(14-11-20)17-18-7-5-4-6-8-18/h4-9,12,15,20H,3,10-11,13-14,16-17H2,1-2H3,(H2,23,25,26). The van der Waals surface area contributed by atoms with E-state index in [0.717, 1.165) is 44.0 Å². The minimum Gasteiger partial charge on any atom is -0.478 e. The van der Waals surface area contributed by atoms with Crippen LogP contribution in [0, 0.1) is 0 Å². The topological polar surface area (TPSA) is 61.8 Å². The fourth-order valence-electron chi connectivity index (χ4n) is 3.44. The van der Waals surface area contributed by atoms with Crippen LogP contribution in [-0.2, 0) is 13.1 Å². The van der Waals surface area contributed by atoms with Gasteiger partial charge >= 0.3 is 0 Å². The van der Waals surface area contributed by atoms with Crippen molar-refractivity contribution in [1.82, 2.24) is 20.5 Å². The highest BCUT2D eigenvalue weighted by atomic mass is 16.5. The number of aliphatic imine (C=N–C) groups is 1. The maximum atomic E-state index is 5.46. The van der Waals surface area contributed by atoms with Gasteiger partial charge in [0.05, 0.1) is 6.61 Å². The minimum absolute atomic E-state index is 0.453. The fourth-order valence-corrected chi connectivity index (χ4v) is 3.44. The number of likely N-dealkylation sites (tertiary alicyclic amines) is 1. The third kappa shape index (κ3) is 6.23. The first-order valence-electron chi connectivity index (χ1n) is 10.1. The Hall–Kier alpha value is -2.60. The number of benzene rings is 1. The lowest BCUT2D eigenvalue weighted by Gasteiger charge is -2.33. The first kappa shape index (κ1) is 20.1. The highest BCUT2D eigenvalue weighted by molar-refractivity contribution is 5.79. The Labute approximate surface area is 168 Å². The summed E-state index contributed by atoms with van der Waals surface area (Å²) >= 11 is 0. The van der Waals surface area contributed by atoms with Crippen LogP contribution in [0.3, 0.4) is 0 Å². The zero-order valence-electron chi connectivity index (χ0n) is 16.9. The molecule has 1 aliphatic heterocycles. The molecule has 0 saturated carbocycles. The number of hydrogen-bond acceptors (Lipinski definition) is 4. The van der Waals surface area contributed by atoms with Crippen molar-refractivity contribution in [2.75, 3.05) is 26.7 Å².